The Bertz CT molecular complexity index is 910. The lowest BCUT2D eigenvalue weighted by molar-refractivity contribution is -0.157. The zero-order valence-corrected chi connectivity index (χ0v) is 17.5. The van der Waals surface area contributed by atoms with E-state index in [0.717, 1.165) is 30.6 Å². The van der Waals surface area contributed by atoms with E-state index in [2.05, 4.69) is 5.32 Å². The van der Waals surface area contributed by atoms with E-state index in [1.54, 1.807) is 23.9 Å². The first-order chi connectivity index (χ1) is 14.3. The van der Waals surface area contributed by atoms with Gasteiger partial charge in [0.2, 0.25) is 11.7 Å². The normalized spacial score (nSPS) is 17.1. The van der Waals surface area contributed by atoms with Crippen molar-refractivity contribution < 1.29 is 19.1 Å². The molecule has 1 fully saturated rings. The van der Waals surface area contributed by atoms with Crippen molar-refractivity contribution in [1.82, 2.24) is 5.32 Å². The molecule has 1 heterocycles. The number of nitrogens with zero attached hydrogens (tertiary/aromatic N) is 3. The molecule has 0 atom stereocenters. The standard InChI is InChI=1S/C22H26N4O4/c1-15(27)24-22(11-7-4-8-12-22)21(29)30-14-19(28)16(13-23)20-25(2)17-9-5-6-10-18(17)26(20)3/h5-6,9-10H,4,7-8,11-12,14H2,1-3H3,(H,24,27). The van der Waals surface area contributed by atoms with Gasteiger partial charge in [0.05, 0.1) is 11.4 Å². The summed E-state index contributed by atoms with van der Waals surface area (Å²) in [5.74, 6) is -1.08. The maximum atomic E-state index is 12.8. The lowest BCUT2D eigenvalue weighted by Gasteiger charge is -2.35. The summed E-state index contributed by atoms with van der Waals surface area (Å²) < 4.78 is 5.31. The zero-order chi connectivity index (χ0) is 21.9. The monoisotopic (exact) mass is 410 g/mol. The number of fused-ring (bicyclic) bond motifs is 1. The van der Waals surface area contributed by atoms with Gasteiger partial charge in [-0.25, -0.2) is 4.79 Å². The summed E-state index contributed by atoms with van der Waals surface area (Å²) in [6, 6.07) is 9.54. The number of benzene rings is 1. The highest BCUT2D eigenvalue weighted by Crippen LogP contribution is 2.40. The van der Waals surface area contributed by atoms with Gasteiger partial charge < -0.3 is 19.9 Å². The summed E-state index contributed by atoms with van der Waals surface area (Å²) >= 11 is 0. The van der Waals surface area contributed by atoms with Gasteiger partial charge in [-0.1, -0.05) is 31.4 Å². The highest BCUT2D eigenvalue weighted by molar-refractivity contribution is 6.04. The quantitative estimate of drug-likeness (QED) is 0.451. The topological polar surface area (TPSA) is 103 Å². The van der Waals surface area contributed by atoms with E-state index in [9.17, 15) is 19.6 Å². The predicted octanol–water partition coefficient (Wildman–Crippen LogP) is 2.26. The first-order valence-corrected chi connectivity index (χ1v) is 10.0. The smallest absolute Gasteiger partial charge is 0.332 e. The molecule has 2 aliphatic rings. The van der Waals surface area contributed by atoms with Crippen molar-refractivity contribution in [3.63, 3.8) is 0 Å². The lowest BCUT2D eigenvalue weighted by atomic mass is 9.81. The SMILES string of the molecule is CC(=O)NC1(C(=O)OCC(=O)C(C#N)=C2N(C)c3ccccc3N2C)CCCCC1. The fourth-order valence-corrected chi connectivity index (χ4v) is 4.27. The number of hydrogen-bond acceptors (Lipinski definition) is 7. The summed E-state index contributed by atoms with van der Waals surface area (Å²) in [5, 5.41) is 12.4. The molecule has 3 rings (SSSR count). The van der Waals surface area contributed by atoms with Crippen LogP contribution in [0.3, 0.4) is 0 Å². The number of ether oxygens (including phenoxy) is 1. The molecule has 0 aromatic heterocycles. The molecule has 8 nitrogen and oxygen atoms in total. The van der Waals surface area contributed by atoms with Crippen LogP contribution < -0.4 is 15.1 Å². The molecular weight excluding hydrogens is 384 g/mol. The van der Waals surface area contributed by atoms with Gasteiger partial charge in [0, 0.05) is 21.0 Å². The molecule has 1 saturated carbocycles. The van der Waals surface area contributed by atoms with E-state index in [1.165, 1.54) is 6.92 Å². The van der Waals surface area contributed by atoms with Crippen LogP contribution in [0.25, 0.3) is 0 Å². The minimum absolute atomic E-state index is 0.0822. The van der Waals surface area contributed by atoms with Crippen LogP contribution in [0, 0.1) is 11.3 Å². The van der Waals surface area contributed by atoms with Crippen molar-refractivity contribution in [2.75, 3.05) is 30.5 Å². The van der Waals surface area contributed by atoms with Gasteiger partial charge in [0.25, 0.3) is 0 Å². The molecule has 0 saturated heterocycles. The maximum absolute atomic E-state index is 12.8. The Morgan fingerprint density at radius 3 is 2.17 bits per heavy atom. The molecule has 0 radical (unpaired) electrons. The number of nitriles is 1. The first kappa shape index (κ1) is 21.4. The van der Waals surface area contributed by atoms with E-state index in [4.69, 9.17) is 4.74 Å². The molecule has 1 aliphatic carbocycles. The van der Waals surface area contributed by atoms with Crippen molar-refractivity contribution >= 4 is 29.0 Å². The molecule has 8 heteroatoms. The van der Waals surface area contributed by atoms with E-state index in [1.807, 2.05) is 30.3 Å². The molecule has 30 heavy (non-hydrogen) atoms. The van der Waals surface area contributed by atoms with Gasteiger partial charge in [0.1, 0.15) is 23.0 Å². The number of Topliss-reactive ketones (excluding diaryl/α,β-unsaturated/α-hetero) is 1. The molecule has 1 aromatic carbocycles. The second-order valence-corrected chi connectivity index (χ2v) is 7.74. The number of ketones is 1. The number of esters is 1. The molecular formula is C22H26N4O4. The van der Waals surface area contributed by atoms with Crippen molar-refractivity contribution in [3.8, 4) is 6.07 Å². The van der Waals surface area contributed by atoms with Crippen LogP contribution >= 0.6 is 0 Å². The van der Waals surface area contributed by atoms with E-state index >= 15 is 0 Å². The highest BCUT2D eigenvalue weighted by Gasteiger charge is 2.42. The van der Waals surface area contributed by atoms with Crippen molar-refractivity contribution in [2.45, 2.75) is 44.6 Å². The van der Waals surface area contributed by atoms with Gasteiger partial charge in [-0.05, 0) is 25.0 Å². The molecule has 0 bridgehead atoms. The van der Waals surface area contributed by atoms with Crippen molar-refractivity contribution in [1.29, 1.82) is 5.26 Å². The van der Waals surface area contributed by atoms with Crippen LogP contribution in [0.4, 0.5) is 11.4 Å². The number of carbonyl (C=O) groups is 3. The third kappa shape index (κ3) is 3.88. The Labute approximate surface area is 176 Å². The molecule has 0 spiro atoms. The minimum Gasteiger partial charge on any atom is -0.456 e. The summed E-state index contributed by atoms with van der Waals surface area (Å²) in [6.07, 6.45) is 3.53. The van der Waals surface area contributed by atoms with Crippen molar-refractivity contribution in [2.24, 2.45) is 0 Å². The number of nitrogens with one attached hydrogen (secondary N) is 1. The molecule has 1 aliphatic heterocycles. The summed E-state index contributed by atoms with van der Waals surface area (Å²) in [7, 11) is 3.56. The average Bonchev–Trinajstić information content (AvgIpc) is 2.98. The zero-order valence-electron chi connectivity index (χ0n) is 17.5. The number of carbonyl (C=O) groups excluding carboxylic acids is 3. The highest BCUT2D eigenvalue weighted by atomic mass is 16.5. The van der Waals surface area contributed by atoms with Gasteiger partial charge in [-0.15, -0.1) is 0 Å². The molecule has 1 N–H and O–H groups in total. The fourth-order valence-electron chi connectivity index (χ4n) is 4.27. The average molecular weight is 410 g/mol. The lowest BCUT2D eigenvalue weighted by Crippen LogP contribution is -2.56. The van der Waals surface area contributed by atoms with Crippen LogP contribution in [0.5, 0.6) is 0 Å². The van der Waals surface area contributed by atoms with Gasteiger partial charge in [0.15, 0.2) is 6.61 Å². The van der Waals surface area contributed by atoms with Crippen LogP contribution in [0.1, 0.15) is 39.0 Å². The molecule has 1 amide bonds. The van der Waals surface area contributed by atoms with Gasteiger partial charge in [-0.3, -0.25) is 9.59 Å². The van der Waals surface area contributed by atoms with Gasteiger partial charge >= 0.3 is 5.97 Å². The fraction of sp³-hybridized carbons (Fsp3) is 0.455. The largest absolute Gasteiger partial charge is 0.456 e. The summed E-state index contributed by atoms with van der Waals surface area (Å²) in [4.78, 5) is 40.8. The predicted molar refractivity (Wildman–Crippen MR) is 111 cm³/mol. The first-order valence-electron chi connectivity index (χ1n) is 10.0. The van der Waals surface area contributed by atoms with E-state index < -0.39 is 23.9 Å². The van der Waals surface area contributed by atoms with Crippen LogP contribution in [0.15, 0.2) is 35.7 Å². The molecule has 0 unspecified atom stereocenters. The Morgan fingerprint density at radius 2 is 1.67 bits per heavy atom. The number of rotatable bonds is 5. The van der Waals surface area contributed by atoms with E-state index in [-0.39, 0.29) is 11.5 Å². The summed E-state index contributed by atoms with van der Waals surface area (Å²) in [5.41, 5.74) is 0.571. The Balaban J connectivity index is 1.78. The second-order valence-electron chi connectivity index (χ2n) is 7.74. The molecule has 1 aromatic rings. The van der Waals surface area contributed by atoms with Crippen LogP contribution in [-0.4, -0.2) is 43.9 Å². The molecule has 158 valence electrons. The van der Waals surface area contributed by atoms with Crippen molar-refractivity contribution in [3.05, 3.63) is 35.7 Å². The Kier molecular flexibility index (Phi) is 6.11. The minimum atomic E-state index is -1.10. The van der Waals surface area contributed by atoms with Crippen LogP contribution in [-0.2, 0) is 19.1 Å². The number of hydrogen-bond donors (Lipinski definition) is 1. The van der Waals surface area contributed by atoms with Gasteiger partial charge in [-0.2, -0.15) is 5.26 Å². The Morgan fingerprint density at radius 1 is 1.10 bits per heavy atom. The number of anilines is 2. The number of amides is 1. The second kappa shape index (κ2) is 8.57. The maximum Gasteiger partial charge on any atom is 0.332 e. The third-order valence-corrected chi connectivity index (χ3v) is 5.70. The number of para-hydroxylation sites is 2. The van der Waals surface area contributed by atoms with Crippen LogP contribution in [0.2, 0.25) is 0 Å². The summed E-state index contributed by atoms with van der Waals surface area (Å²) in [6.45, 7) is 0.807. The Hall–Kier alpha value is -3.34. The van der Waals surface area contributed by atoms with E-state index in [0.29, 0.717) is 18.7 Å². The third-order valence-electron chi connectivity index (χ3n) is 5.70.